The zero-order valence-electron chi connectivity index (χ0n) is 20.6. The second kappa shape index (κ2) is 10.8. The number of aromatic amines is 1. The Balaban J connectivity index is 0.000000160. The molecule has 0 unspecified atom stereocenters. The number of para-hydroxylation sites is 6. The number of H-pyrrole nitrogens is 1. The first-order chi connectivity index (χ1) is 19.0. The maximum Gasteiger partial charge on any atom is 0.280 e. The van der Waals surface area contributed by atoms with Gasteiger partial charge in [0, 0.05) is 18.7 Å². The molecule has 10 nitrogen and oxygen atoms in total. The van der Waals surface area contributed by atoms with Gasteiger partial charge in [-0.15, -0.1) is 6.58 Å². The van der Waals surface area contributed by atoms with Gasteiger partial charge in [-0.25, -0.2) is 9.97 Å². The van der Waals surface area contributed by atoms with Crippen LogP contribution in [0.25, 0.3) is 44.8 Å². The van der Waals surface area contributed by atoms with Crippen molar-refractivity contribution in [3.05, 3.63) is 130 Å². The first-order valence-electron chi connectivity index (χ1n) is 12.0. The summed E-state index contributed by atoms with van der Waals surface area (Å²) in [7, 11) is 0. The van der Waals surface area contributed by atoms with Crippen molar-refractivity contribution in [3.63, 3.8) is 0 Å². The van der Waals surface area contributed by atoms with Gasteiger partial charge < -0.3 is 9.55 Å². The maximum absolute atomic E-state index is 11.2. The Hall–Kier alpha value is -5.64. The fourth-order valence-corrected chi connectivity index (χ4v) is 4.33. The Morgan fingerprint density at radius 1 is 0.744 bits per heavy atom. The number of nitrogens with zero attached hydrogens (tertiary/aromatic N) is 5. The van der Waals surface area contributed by atoms with Crippen molar-refractivity contribution in [3.8, 4) is 22.8 Å². The Morgan fingerprint density at radius 3 is 1.97 bits per heavy atom. The molecule has 0 saturated carbocycles. The molecule has 0 fully saturated rings. The number of rotatable bonds is 6. The molecule has 0 atom stereocenters. The van der Waals surface area contributed by atoms with E-state index in [2.05, 4.69) is 21.5 Å². The third kappa shape index (κ3) is 4.98. The van der Waals surface area contributed by atoms with Crippen molar-refractivity contribution in [1.29, 1.82) is 0 Å². The third-order valence-electron chi connectivity index (χ3n) is 6.05. The van der Waals surface area contributed by atoms with Gasteiger partial charge >= 0.3 is 0 Å². The minimum Gasteiger partial charge on any atom is -0.338 e. The molecule has 0 aliphatic heterocycles. The van der Waals surface area contributed by atoms with Crippen LogP contribution in [-0.2, 0) is 6.54 Å². The van der Waals surface area contributed by atoms with E-state index >= 15 is 0 Å². The highest BCUT2D eigenvalue weighted by Crippen LogP contribution is 2.32. The predicted octanol–water partition coefficient (Wildman–Crippen LogP) is 6.94. The molecule has 6 rings (SSSR count). The normalized spacial score (nSPS) is 10.7. The molecule has 10 heteroatoms. The van der Waals surface area contributed by atoms with Crippen molar-refractivity contribution in [2.75, 3.05) is 0 Å². The number of nitro groups is 2. The molecule has 0 radical (unpaired) electrons. The summed E-state index contributed by atoms with van der Waals surface area (Å²) in [4.78, 5) is 33.4. The highest BCUT2D eigenvalue weighted by atomic mass is 16.6. The van der Waals surface area contributed by atoms with E-state index < -0.39 is 4.92 Å². The Morgan fingerprint density at radius 2 is 1.31 bits per heavy atom. The van der Waals surface area contributed by atoms with Gasteiger partial charge in [0.2, 0.25) is 0 Å². The maximum atomic E-state index is 11.2. The summed E-state index contributed by atoms with van der Waals surface area (Å²) >= 11 is 0. The molecule has 1 N–H and O–H groups in total. The van der Waals surface area contributed by atoms with Crippen LogP contribution in [-0.4, -0.2) is 29.4 Å². The molecule has 6 aromatic rings. The van der Waals surface area contributed by atoms with Crippen molar-refractivity contribution in [1.82, 2.24) is 19.5 Å². The van der Waals surface area contributed by atoms with Gasteiger partial charge in [-0.05, 0) is 36.4 Å². The van der Waals surface area contributed by atoms with Gasteiger partial charge in [-0.1, -0.05) is 54.6 Å². The first-order valence-corrected chi connectivity index (χ1v) is 12.0. The lowest BCUT2D eigenvalue weighted by Gasteiger charge is -2.06. The summed E-state index contributed by atoms with van der Waals surface area (Å²) in [5.41, 5.74) is 4.53. The van der Waals surface area contributed by atoms with Crippen LogP contribution in [0.3, 0.4) is 0 Å². The second-order valence-corrected chi connectivity index (χ2v) is 8.47. The van der Waals surface area contributed by atoms with Gasteiger partial charge in [0.25, 0.3) is 11.4 Å². The highest BCUT2D eigenvalue weighted by Gasteiger charge is 2.20. The van der Waals surface area contributed by atoms with Gasteiger partial charge in [0.1, 0.15) is 11.6 Å². The number of fused-ring (bicyclic) bond motifs is 2. The summed E-state index contributed by atoms with van der Waals surface area (Å²) < 4.78 is 1.94. The van der Waals surface area contributed by atoms with Crippen LogP contribution in [0.5, 0.6) is 0 Å². The van der Waals surface area contributed by atoms with Gasteiger partial charge in [0.15, 0.2) is 0 Å². The number of aromatic nitrogens is 4. The topological polar surface area (TPSA) is 133 Å². The number of benzene rings is 4. The van der Waals surface area contributed by atoms with E-state index in [1.807, 2.05) is 53.1 Å². The van der Waals surface area contributed by atoms with E-state index in [9.17, 15) is 20.2 Å². The fourth-order valence-electron chi connectivity index (χ4n) is 4.33. The minimum absolute atomic E-state index is 0.0524. The van der Waals surface area contributed by atoms with Gasteiger partial charge in [0.05, 0.1) is 43.0 Å². The summed E-state index contributed by atoms with van der Waals surface area (Å²) in [6, 6.07) is 28.4. The monoisotopic (exact) mass is 518 g/mol. The average molecular weight is 519 g/mol. The van der Waals surface area contributed by atoms with E-state index in [-0.39, 0.29) is 16.3 Å². The number of nitrogens with one attached hydrogen (secondary N) is 1. The summed E-state index contributed by atoms with van der Waals surface area (Å²) in [5.74, 6) is 1.10. The zero-order valence-corrected chi connectivity index (χ0v) is 20.6. The van der Waals surface area contributed by atoms with Crippen molar-refractivity contribution in [2.24, 2.45) is 0 Å². The number of allylic oxidation sites excluding steroid dienone is 1. The van der Waals surface area contributed by atoms with Crippen LogP contribution in [0, 0.1) is 20.2 Å². The molecular formula is C29H22N6O4. The Bertz CT molecular complexity index is 1810. The largest absolute Gasteiger partial charge is 0.338 e. The molecule has 192 valence electrons. The molecule has 0 saturated heterocycles. The molecule has 2 aromatic heterocycles. The molecule has 0 aliphatic carbocycles. The number of hydrogen-bond donors (Lipinski definition) is 1. The number of hydrogen-bond acceptors (Lipinski definition) is 6. The zero-order chi connectivity index (χ0) is 27.4. The third-order valence-corrected chi connectivity index (χ3v) is 6.05. The summed E-state index contributed by atoms with van der Waals surface area (Å²) in [6.45, 7) is 4.30. The average Bonchev–Trinajstić information content (AvgIpc) is 3.55. The first kappa shape index (κ1) is 25.0. The molecule has 2 heterocycles. The lowest BCUT2D eigenvalue weighted by atomic mass is 10.1. The lowest BCUT2D eigenvalue weighted by Crippen LogP contribution is -2.00. The van der Waals surface area contributed by atoms with Crippen LogP contribution in [0.4, 0.5) is 11.4 Å². The number of imidazole rings is 2. The predicted molar refractivity (Wildman–Crippen MR) is 150 cm³/mol. The molecule has 0 bridgehead atoms. The Kier molecular flexibility index (Phi) is 6.91. The molecule has 0 aliphatic rings. The Labute approximate surface area is 222 Å². The van der Waals surface area contributed by atoms with E-state index in [4.69, 9.17) is 0 Å². The quantitative estimate of drug-likeness (QED) is 0.144. The van der Waals surface area contributed by atoms with Gasteiger partial charge in [-0.3, -0.25) is 20.2 Å². The van der Waals surface area contributed by atoms with Crippen LogP contribution in [0.2, 0.25) is 0 Å². The van der Waals surface area contributed by atoms with Crippen LogP contribution < -0.4 is 0 Å². The van der Waals surface area contributed by atoms with E-state index in [0.29, 0.717) is 29.3 Å². The fraction of sp³-hybridized carbons (Fsp3) is 0.0345. The highest BCUT2D eigenvalue weighted by molar-refractivity contribution is 5.83. The minimum atomic E-state index is -0.400. The van der Waals surface area contributed by atoms with Crippen molar-refractivity contribution < 1.29 is 9.85 Å². The standard InChI is InChI=1S/C16H13N3O2.C13H9N3O2/c1-2-11-18-15-10-6-4-8-13(15)17-16(18)12-7-3-5-9-14(12)19(20)21;17-16(18)12-8-4-1-5-9(12)13-14-10-6-2-3-7-11(10)15-13/h2-10H,1,11H2;1-8H,(H,14,15). The SMILES string of the molecule is C=CCn1c(-c2ccccc2[N+](=O)[O-])nc2ccccc21.O=[N+]([O-])c1ccccc1-c1nc2ccccc2[nH]1. The molecular weight excluding hydrogens is 496 g/mol. The molecule has 4 aromatic carbocycles. The van der Waals surface area contributed by atoms with Crippen molar-refractivity contribution in [2.45, 2.75) is 6.54 Å². The van der Waals surface area contributed by atoms with Crippen LogP contribution in [0.15, 0.2) is 110 Å². The second-order valence-electron chi connectivity index (χ2n) is 8.47. The van der Waals surface area contributed by atoms with E-state index in [0.717, 1.165) is 22.1 Å². The smallest absolute Gasteiger partial charge is 0.280 e. The summed E-state index contributed by atoms with van der Waals surface area (Å²) in [6.07, 6.45) is 1.76. The number of nitro benzene ring substituents is 2. The van der Waals surface area contributed by atoms with E-state index in [1.165, 1.54) is 12.1 Å². The van der Waals surface area contributed by atoms with Crippen molar-refractivity contribution >= 4 is 33.4 Å². The lowest BCUT2D eigenvalue weighted by molar-refractivity contribution is -0.384. The molecule has 0 spiro atoms. The van der Waals surface area contributed by atoms with Gasteiger partial charge in [-0.2, -0.15) is 0 Å². The molecule has 0 amide bonds. The van der Waals surface area contributed by atoms with Crippen LogP contribution in [0.1, 0.15) is 0 Å². The summed E-state index contributed by atoms with van der Waals surface area (Å²) in [5, 5.41) is 22.2. The van der Waals surface area contributed by atoms with Crippen LogP contribution >= 0.6 is 0 Å². The van der Waals surface area contributed by atoms with E-state index in [1.54, 1.807) is 42.5 Å². The molecule has 39 heavy (non-hydrogen) atoms.